The van der Waals surface area contributed by atoms with Crippen LogP contribution in [0.5, 0.6) is 5.88 Å². The first-order valence-electron chi connectivity index (χ1n) is 6.31. The summed E-state index contributed by atoms with van der Waals surface area (Å²) in [6.07, 6.45) is 4.31. The van der Waals surface area contributed by atoms with Gasteiger partial charge in [0.2, 0.25) is 5.88 Å². The summed E-state index contributed by atoms with van der Waals surface area (Å²) in [5, 5.41) is 6.70. The van der Waals surface area contributed by atoms with E-state index in [1.54, 1.807) is 19.5 Å². The standard InChI is InChI=1S/C14H16N4O/c1-19-14-9-16-8-13(18-14)17-12-4-2-3-10-7-15-6-5-11(10)12/h2-4,8-9,15H,5-7H2,1H3,(H,17,18). The lowest BCUT2D eigenvalue weighted by Gasteiger charge is -2.20. The first kappa shape index (κ1) is 11.9. The van der Waals surface area contributed by atoms with Crippen molar-refractivity contribution in [3.05, 3.63) is 41.7 Å². The number of anilines is 2. The number of rotatable bonds is 3. The lowest BCUT2D eigenvalue weighted by atomic mass is 9.99. The van der Waals surface area contributed by atoms with Crippen molar-refractivity contribution in [2.24, 2.45) is 0 Å². The Bertz CT molecular complexity index is 585. The third-order valence-electron chi connectivity index (χ3n) is 3.22. The van der Waals surface area contributed by atoms with Crippen LogP contribution >= 0.6 is 0 Å². The number of nitrogens with one attached hydrogen (secondary N) is 2. The van der Waals surface area contributed by atoms with Gasteiger partial charge in [-0.3, -0.25) is 4.98 Å². The SMILES string of the molecule is COc1cncc(Nc2cccc3c2CCNC3)n1. The van der Waals surface area contributed by atoms with E-state index < -0.39 is 0 Å². The number of aromatic nitrogens is 2. The maximum absolute atomic E-state index is 5.08. The molecule has 0 atom stereocenters. The molecule has 0 saturated carbocycles. The molecule has 5 heteroatoms. The first-order valence-corrected chi connectivity index (χ1v) is 6.31. The molecule has 5 nitrogen and oxygen atoms in total. The summed E-state index contributed by atoms with van der Waals surface area (Å²) in [5.74, 6) is 1.21. The third-order valence-corrected chi connectivity index (χ3v) is 3.22. The molecular formula is C14H16N4O. The predicted octanol–water partition coefficient (Wildman–Crippen LogP) is 1.87. The Kier molecular flexibility index (Phi) is 3.29. The highest BCUT2D eigenvalue weighted by atomic mass is 16.5. The summed E-state index contributed by atoms with van der Waals surface area (Å²) >= 11 is 0. The Morgan fingerprint density at radius 3 is 3.16 bits per heavy atom. The van der Waals surface area contributed by atoms with E-state index in [4.69, 9.17) is 4.74 Å². The lowest BCUT2D eigenvalue weighted by molar-refractivity contribution is 0.396. The van der Waals surface area contributed by atoms with Crippen LogP contribution in [0.4, 0.5) is 11.5 Å². The van der Waals surface area contributed by atoms with Gasteiger partial charge < -0.3 is 15.4 Å². The highest BCUT2D eigenvalue weighted by molar-refractivity contribution is 5.62. The van der Waals surface area contributed by atoms with Crippen LogP contribution < -0.4 is 15.4 Å². The van der Waals surface area contributed by atoms with Crippen molar-refractivity contribution in [3.8, 4) is 5.88 Å². The van der Waals surface area contributed by atoms with Crippen molar-refractivity contribution >= 4 is 11.5 Å². The van der Waals surface area contributed by atoms with Crippen molar-refractivity contribution in [2.75, 3.05) is 19.0 Å². The van der Waals surface area contributed by atoms with Crippen molar-refractivity contribution in [1.82, 2.24) is 15.3 Å². The van der Waals surface area contributed by atoms with Crippen LogP contribution in [0, 0.1) is 0 Å². The number of benzene rings is 1. The van der Waals surface area contributed by atoms with Gasteiger partial charge in [-0.2, -0.15) is 4.98 Å². The zero-order valence-electron chi connectivity index (χ0n) is 10.8. The molecule has 0 spiro atoms. The van der Waals surface area contributed by atoms with E-state index in [1.807, 2.05) is 0 Å². The number of nitrogens with zero attached hydrogens (tertiary/aromatic N) is 2. The van der Waals surface area contributed by atoms with Crippen molar-refractivity contribution in [2.45, 2.75) is 13.0 Å². The smallest absolute Gasteiger partial charge is 0.233 e. The molecule has 0 fully saturated rings. The Morgan fingerprint density at radius 2 is 2.26 bits per heavy atom. The summed E-state index contributed by atoms with van der Waals surface area (Å²) in [6, 6.07) is 6.29. The summed E-state index contributed by atoms with van der Waals surface area (Å²) in [5.41, 5.74) is 3.79. The minimum atomic E-state index is 0.511. The minimum absolute atomic E-state index is 0.511. The van der Waals surface area contributed by atoms with E-state index in [-0.39, 0.29) is 0 Å². The summed E-state index contributed by atoms with van der Waals surface area (Å²) in [7, 11) is 1.59. The molecule has 1 aliphatic heterocycles. The summed E-state index contributed by atoms with van der Waals surface area (Å²) < 4.78 is 5.08. The molecule has 1 aromatic heterocycles. The van der Waals surface area contributed by atoms with Crippen LogP contribution in [0.25, 0.3) is 0 Å². The van der Waals surface area contributed by atoms with Gasteiger partial charge in [-0.1, -0.05) is 12.1 Å². The van der Waals surface area contributed by atoms with Gasteiger partial charge in [-0.05, 0) is 30.2 Å². The Labute approximate surface area is 112 Å². The lowest BCUT2D eigenvalue weighted by Crippen LogP contribution is -2.24. The zero-order chi connectivity index (χ0) is 13.1. The maximum atomic E-state index is 5.08. The number of methoxy groups -OCH3 is 1. The number of fused-ring (bicyclic) bond motifs is 1. The van der Waals surface area contributed by atoms with Crippen LogP contribution in [-0.2, 0) is 13.0 Å². The molecule has 2 heterocycles. The van der Waals surface area contributed by atoms with Gasteiger partial charge in [0.1, 0.15) is 0 Å². The first-order chi connectivity index (χ1) is 9.36. The topological polar surface area (TPSA) is 59.1 Å². The van der Waals surface area contributed by atoms with E-state index in [0.29, 0.717) is 11.7 Å². The molecule has 0 bridgehead atoms. The van der Waals surface area contributed by atoms with Gasteiger partial charge in [0, 0.05) is 12.2 Å². The fraction of sp³-hybridized carbons (Fsp3) is 0.286. The Morgan fingerprint density at radius 1 is 1.32 bits per heavy atom. The van der Waals surface area contributed by atoms with E-state index >= 15 is 0 Å². The number of hydrogen-bond acceptors (Lipinski definition) is 5. The van der Waals surface area contributed by atoms with E-state index in [9.17, 15) is 0 Å². The quantitative estimate of drug-likeness (QED) is 0.878. The molecule has 3 rings (SSSR count). The largest absolute Gasteiger partial charge is 0.480 e. The second-order valence-electron chi connectivity index (χ2n) is 4.44. The van der Waals surface area contributed by atoms with Gasteiger partial charge in [-0.15, -0.1) is 0 Å². The molecule has 2 aromatic rings. The average molecular weight is 256 g/mol. The van der Waals surface area contributed by atoms with Gasteiger partial charge >= 0.3 is 0 Å². The van der Waals surface area contributed by atoms with E-state index in [0.717, 1.165) is 25.2 Å². The molecule has 0 aliphatic carbocycles. The molecule has 1 aliphatic rings. The van der Waals surface area contributed by atoms with Crippen LogP contribution in [0.15, 0.2) is 30.6 Å². The molecular weight excluding hydrogens is 240 g/mol. The normalized spacial score (nSPS) is 13.7. The highest BCUT2D eigenvalue weighted by Crippen LogP contribution is 2.25. The molecule has 0 radical (unpaired) electrons. The molecule has 0 unspecified atom stereocenters. The monoisotopic (exact) mass is 256 g/mol. The minimum Gasteiger partial charge on any atom is -0.480 e. The third kappa shape index (κ3) is 2.51. The molecule has 0 amide bonds. The maximum Gasteiger partial charge on any atom is 0.233 e. The number of hydrogen-bond donors (Lipinski definition) is 2. The van der Waals surface area contributed by atoms with Crippen molar-refractivity contribution < 1.29 is 4.74 Å². The molecule has 0 saturated heterocycles. The summed E-state index contributed by atoms with van der Waals surface area (Å²) in [6.45, 7) is 1.93. The zero-order valence-corrected chi connectivity index (χ0v) is 10.8. The second kappa shape index (κ2) is 5.24. The van der Waals surface area contributed by atoms with Crippen LogP contribution in [0.3, 0.4) is 0 Å². The Balaban J connectivity index is 1.90. The Hall–Kier alpha value is -2.14. The summed E-state index contributed by atoms with van der Waals surface area (Å²) in [4.78, 5) is 8.43. The molecule has 2 N–H and O–H groups in total. The fourth-order valence-corrected chi connectivity index (χ4v) is 2.29. The predicted molar refractivity (Wildman–Crippen MR) is 73.7 cm³/mol. The fourth-order valence-electron chi connectivity index (χ4n) is 2.29. The average Bonchev–Trinajstić information content (AvgIpc) is 2.48. The van der Waals surface area contributed by atoms with Gasteiger partial charge in [0.05, 0.1) is 19.5 Å². The van der Waals surface area contributed by atoms with Gasteiger partial charge in [0.15, 0.2) is 5.82 Å². The highest BCUT2D eigenvalue weighted by Gasteiger charge is 2.12. The van der Waals surface area contributed by atoms with Crippen LogP contribution in [0.1, 0.15) is 11.1 Å². The van der Waals surface area contributed by atoms with E-state index in [1.165, 1.54) is 11.1 Å². The number of ether oxygens (including phenoxy) is 1. The van der Waals surface area contributed by atoms with Gasteiger partial charge in [-0.25, -0.2) is 0 Å². The molecule has 19 heavy (non-hydrogen) atoms. The second-order valence-corrected chi connectivity index (χ2v) is 4.44. The van der Waals surface area contributed by atoms with E-state index in [2.05, 4.69) is 38.8 Å². The van der Waals surface area contributed by atoms with Gasteiger partial charge in [0.25, 0.3) is 0 Å². The van der Waals surface area contributed by atoms with Crippen LogP contribution in [0.2, 0.25) is 0 Å². The molecule has 98 valence electrons. The van der Waals surface area contributed by atoms with Crippen molar-refractivity contribution in [3.63, 3.8) is 0 Å². The van der Waals surface area contributed by atoms with Crippen LogP contribution in [-0.4, -0.2) is 23.6 Å². The van der Waals surface area contributed by atoms with Crippen molar-refractivity contribution in [1.29, 1.82) is 0 Å². The molecule has 1 aromatic carbocycles.